The second kappa shape index (κ2) is 34.7. The van der Waals surface area contributed by atoms with Crippen LogP contribution >= 0.6 is 7.82 Å². The number of unbranched alkanes of at least 4 members (excludes halogenated alkanes) is 14. The van der Waals surface area contributed by atoms with E-state index in [-0.39, 0.29) is 38.6 Å². The van der Waals surface area contributed by atoms with Gasteiger partial charge in [-0.15, -0.1) is 0 Å². The van der Waals surface area contributed by atoms with E-state index in [1.165, 1.54) is 57.6 Å². The zero-order valence-corrected chi connectivity index (χ0v) is 38.4. The van der Waals surface area contributed by atoms with Crippen molar-refractivity contribution in [3.63, 3.8) is 0 Å². The van der Waals surface area contributed by atoms with Gasteiger partial charge in [0.05, 0.1) is 52.3 Å². The molecule has 1 aliphatic heterocycles. The normalized spacial score (nSPS) is 21.2. The Morgan fingerprint density at radius 3 is 2.07 bits per heavy atom. The molecule has 1 aliphatic rings. The molecule has 0 aromatic carbocycles. The molecule has 3 N–H and O–H groups in total. The summed E-state index contributed by atoms with van der Waals surface area (Å²) in [6.45, 7) is 4.27. The number of likely N-dealkylation sites (N-methyl/N-ethyl adjacent to an activating group) is 1. The summed E-state index contributed by atoms with van der Waals surface area (Å²) >= 11 is 0. The molecular formula is C46H84NO11P. The van der Waals surface area contributed by atoms with E-state index in [1.807, 2.05) is 39.4 Å². The van der Waals surface area contributed by atoms with Gasteiger partial charge >= 0.3 is 5.97 Å². The number of carbonyl (C=O) groups is 1. The van der Waals surface area contributed by atoms with Gasteiger partial charge in [0.15, 0.2) is 12.4 Å². The average Bonchev–Trinajstić information content (AvgIpc) is 3.17. The number of allylic oxidation sites excluding steroid dienone is 5. The molecule has 7 atom stereocenters. The average molecular weight is 858 g/mol. The van der Waals surface area contributed by atoms with Crippen LogP contribution in [0, 0.1) is 5.92 Å². The van der Waals surface area contributed by atoms with Crippen molar-refractivity contribution in [1.82, 2.24) is 0 Å². The van der Waals surface area contributed by atoms with Crippen molar-refractivity contribution in [2.45, 2.75) is 186 Å². The lowest BCUT2D eigenvalue weighted by Gasteiger charge is -2.36. The Morgan fingerprint density at radius 1 is 0.814 bits per heavy atom. The minimum absolute atomic E-state index is 0.0201. The highest BCUT2D eigenvalue weighted by molar-refractivity contribution is 7.45. The molecule has 0 saturated carbocycles. The molecule has 13 heteroatoms. The number of quaternary nitrogens is 1. The number of ether oxygens (including phenoxy) is 3. The number of phosphoric acid groups is 1. The lowest BCUT2D eigenvalue weighted by molar-refractivity contribution is -0.870. The van der Waals surface area contributed by atoms with Crippen molar-refractivity contribution in [3.8, 4) is 0 Å². The van der Waals surface area contributed by atoms with Crippen LogP contribution in [0.1, 0.15) is 155 Å². The molecule has 0 amide bonds. The first kappa shape index (κ1) is 55.2. The molecule has 12 nitrogen and oxygen atoms in total. The van der Waals surface area contributed by atoms with Gasteiger partial charge < -0.3 is 48.0 Å². The first-order chi connectivity index (χ1) is 28.3. The largest absolute Gasteiger partial charge is 0.756 e. The minimum Gasteiger partial charge on any atom is -0.756 e. The van der Waals surface area contributed by atoms with Gasteiger partial charge in [0.25, 0.3) is 7.82 Å². The van der Waals surface area contributed by atoms with Crippen molar-refractivity contribution >= 4 is 13.8 Å². The number of hydrogen-bond acceptors (Lipinski definition) is 11. The number of aliphatic hydroxyl groups is 3. The fourth-order valence-corrected chi connectivity index (χ4v) is 7.23. The van der Waals surface area contributed by atoms with E-state index in [9.17, 15) is 29.6 Å². The molecule has 0 aromatic heterocycles. The van der Waals surface area contributed by atoms with Gasteiger partial charge in [-0.05, 0) is 70.3 Å². The fraction of sp³-hybridized carbons (Fsp3) is 0.804. The maximum Gasteiger partial charge on any atom is 0.305 e. The number of carbonyl (C=O) groups excluding carboxylic acids is 1. The van der Waals surface area contributed by atoms with Gasteiger partial charge in [0, 0.05) is 18.8 Å². The maximum atomic E-state index is 12.6. The molecule has 59 heavy (non-hydrogen) atoms. The van der Waals surface area contributed by atoms with Gasteiger partial charge in [0.2, 0.25) is 0 Å². The van der Waals surface area contributed by atoms with Crippen molar-refractivity contribution in [1.29, 1.82) is 0 Å². The fourth-order valence-electron chi connectivity index (χ4n) is 6.50. The summed E-state index contributed by atoms with van der Waals surface area (Å²) in [5.74, 6) is -0.721. The third-order valence-corrected chi connectivity index (χ3v) is 11.2. The molecule has 1 rings (SSSR count). The second-order valence-electron chi connectivity index (χ2n) is 17.0. The smallest absolute Gasteiger partial charge is 0.305 e. The first-order valence-corrected chi connectivity index (χ1v) is 24.3. The molecule has 0 radical (unpaired) electrons. The van der Waals surface area contributed by atoms with Gasteiger partial charge in [-0.25, -0.2) is 0 Å². The highest BCUT2D eigenvalue weighted by Gasteiger charge is 2.35. The molecule has 0 aromatic rings. The molecular weight excluding hydrogens is 773 g/mol. The minimum atomic E-state index is -4.59. The lowest BCUT2D eigenvalue weighted by Crippen LogP contribution is -2.43. The van der Waals surface area contributed by atoms with E-state index in [4.69, 9.17) is 23.3 Å². The van der Waals surface area contributed by atoms with Crippen LogP contribution in [0.15, 0.2) is 48.8 Å². The van der Waals surface area contributed by atoms with Crippen molar-refractivity contribution in [3.05, 3.63) is 48.8 Å². The Balaban J connectivity index is 2.50. The van der Waals surface area contributed by atoms with Crippen molar-refractivity contribution in [2.24, 2.45) is 5.92 Å². The highest BCUT2D eigenvalue weighted by atomic mass is 31.2. The van der Waals surface area contributed by atoms with Crippen LogP contribution in [0.25, 0.3) is 0 Å². The molecule has 344 valence electrons. The highest BCUT2D eigenvalue weighted by Crippen LogP contribution is 2.38. The van der Waals surface area contributed by atoms with E-state index in [0.29, 0.717) is 36.7 Å². The molecule has 0 aliphatic carbocycles. The number of rotatable bonds is 37. The zero-order valence-electron chi connectivity index (χ0n) is 37.5. The van der Waals surface area contributed by atoms with Crippen LogP contribution in [0.5, 0.6) is 0 Å². The summed E-state index contributed by atoms with van der Waals surface area (Å²) < 4.78 is 40.0. The summed E-state index contributed by atoms with van der Waals surface area (Å²) in [5.41, 5.74) is 0. The molecule has 0 spiro atoms. The van der Waals surface area contributed by atoms with Crippen LogP contribution in [0.4, 0.5) is 0 Å². The van der Waals surface area contributed by atoms with E-state index in [2.05, 4.69) is 26.0 Å². The number of esters is 1. The predicted molar refractivity (Wildman–Crippen MR) is 234 cm³/mol. The van der Waals surface area contributed by atoms with Crippen LogP contribution in [-0.4, -0.2) is 104 Å². The predicted octanol–water partition coefficient (Wildman–Crippen LogP) is 8.98. The third-order valence-electron chi connectivity index (χ3n) is 10.2. The first-order valence-electron chi connectivity index (χ1n) is 22.8. The number of hydrogen-bond donors (Lipinski definition) is 3. The van der Waals surface area contributed by atoms with Gasteiger partial charge in [0.1, 0.15) is 19.8 Å². The summed E-state index contributed by atoms with van der Waals surface area (Å²) in [5, 5.41) is 31.0. The summed E-state index contributed by atoms with van der Waals surface area (Å²) in [7, 11) is 1.20. The molecule has 2 unspecified atom stereocenters. The Bertz CT molecular complexity index is 1200. The number of phosphoric ester groups is 1. The standard InChI is InChI=1S/C46H84NO11P/c1-6-8-10-11-12-13-14-15-16-17-18-19-20-21-24-28-35-54-41(39-57-59(52,53)56-36-34-47(3,4)5)38-55-45(50)31-27-23-22-26-30-42-43(49)37-46(51)58-44(42)33-32-40(48)29-25-9-7-2/h15-16,22,26,28,32-33,35,40-44,46,48-49,51H,6-14,17-21,23-25,27,29-31,34,36-39H2,1-5H3/b16-15-,26-22-,33-32+,35-28+/t40-,41+,42-,43-,44+,46?/m0/s1. The van der Waals surface area contributed by atoms with E-state index < -0.39 is 44.5 Å². The Hall–Kier alpha value is -1.86. The van der Waals surface area contributed by atoms with Crippen LogP contribution in [-0.2, 0) is 32.6 Å². The third kappa shape index (κ3) is 32.5. The van der Waals surface area contributed by atoms with Crippen molar-refractivity contribution < 1.29 is 57.3 Å². The SMILES string of the molecule is CCCCCCCC/C=C\CCCCCC/C=C/O[C@H](COC(=O)CCC/C=C\C[C@H]1[C@@H](O)CC(O)O[C@@H]1/C=C/[C@@H](O)CCCCC)COP(=O)([O-])OCC[N+](C)(C)C. The summed E-state index contributed by atoms with van der Waals surface area (Å²) in [6.07, 6.45) is 32.7. The maximum absolute atomic E-state index is 12.6. The monoisotopic (exact) mass is 858 g/mol. The zero-order chi connectivity index (χ0) is 43.6. The van der Waals surface area contributed by atoms with Crippen LogP contribution in [0.3, 0.4) is 0 Å². The van der Waals surface area contributed by atoms with E-state index >= 15 is 0 Å². The summed E-state index contributed by atoms with van der Waals surface area (Å²) in [4.78, 5) is 25.0. The molecule has 1 heterocycles. The molecule has 0 bridgehead atoms. The van der Waals surface area contributed by atoms with Crippen LogP contribution < -0.4 is 4.89 Å². The lowest BCUT2D eigenvalue weighted by atomic mass is 9.87. The molecule has 1 fully saturated rings. The van der Waals surface area contributed by atoms with Gasteiger partial charge in [-0.2, -0.15) is 0 Å². The number of nitrogens with zero attached hydrogens (tertiary/aromatic N) is 1. The Labute approximate surface area is 358 Å². The number of aliphatic hydroxyl groups excluding tert-OH is 3. The van der Waals surface area contributed by atoms with Crippen molar-refractivity contribution in [2.75, 3.05) is 47.5 Å². The molecule has 1 saturated heterocycles. The van der Waals surface area contributed by atoms with E-state index in [0.717, 1.165) is 51.4 Å². The van der Waals surface area contributed by atoms with Crippen LogP contribution in [0.2, 0.25) is 0 Å². The quantitative estimate of drug-likeness (QED) is 0.0136. The Morgan fingerprint density at radius 2 is 1.41 bits per heavy atom. The second-order valence-corrected chi connectivity index (χ2v) is 18.4. The topological polar surface area (TPSA) is 164 Å². The van der Waals surface area contributed by atoms with Gasteiger partial charge in [-0.3, -0.25) is 9.36 Å². The van der Waals surface area contributed by atoms with Gasteiger partial charge in [-0.1, -0.05) is 115 Å². The Kier molecular flexibility index (Phi) is 32.4. The summed E-state index contributed by atoms with van der Waals surface area (Å²) in [6, 6.07) is 0. The van der Waals surface area contributed by atoms with E-state index in [1.54, 1.807) is 12.2 Å².